The Labute approximate surface area is 96.1 Å². The summed E-state index contributed by atoms with van der Waals surface area (Å²) in [6.07, 6.45) is 1.74. The Hall–Kier alpha value is -1.32. The van der Waals surface area contributed by atoms with Crippen LogP contribution >= 0.6 is 0 Å². The minimum absolute atomic E-state index is 0.525. The predicted octanol–water partition coefficient (Wildman–Crippen LogP) is 1.74. The largest absolute Gasteiger partial charge is 0.490 e. The van der Waals surface area contributed by atoms with E-state index in [1.54, 1.807) is 6.08 Å². The van der Waals surface area contributed by atoms with Crippen molar-refractivity contribution < 1.29 is 9.47 Å². The van der Waals surface area contributed by atoms with Crippen molar-refractivity contribution in [3.8, 4) is 5.75 Å². The average Bonchev–Trinajstić information content (AvgIpc) is 2.26. The van der Waals surface area contributed by atoms with Crippen LogP contribution in [0.4, 0.5) is 0 Å². The van der Waals surface area contributed by atoms with Gasteiger partial charge in [0.05, 0.1) is 19.3 Å². The zero-order valence-electron chi connectivity index (χ0n) is 9.32. The van der Waals surface area contributed by atoms with Crippen LogP contribution in [-0.2, 0) is 11.3 Å². The third-order valence-electron chi connectivity index (χ3n) is 2.52. The van der Waals surface area contributed by atoms with Crippen molar-refractivity contribution in [2.45, 2.75) is 12.6 Å². The normalized spacial score (nSPS) is 15.5. The van der Waals surface area contributed by atoms with Gasteiger partial charge in [-0.05, 0) is 17.7 Å². The molecule has 1 saturated heterocycles. The van der Waals surface area contributed by atoms with E-state index in [4.69, 9.17) is 9.47 Å². The van der Waals surface area contributed by atoms with Crippen LogP contribution in [0.5, 0.6) is 5.75 Å². The number of nitrogens with one attached hydrogen (secondary N) is 1. The second kappa shape index (κ2) is 5.68. The molecule has 1 aliphatic heterocycles. The molecule has 1 heterocycles. The van der Waals surface area contributed by atoms with Gasteiger partial charge in [-0.1, -0.05) is 24.8 Å². The van der Waals surface area contributed by atoms with Gasteiger partial charge in [0.1, 0.15) is 12.4 Å². The SMILES string of the molecule is C=CCOc1ccc(CNC2COC2)cc1. The van der Waals surface area contributed by atoms with E-state index >= 15 is 0 Å². The number of benzene rings is 1. The standard InChI is InChI=1S/C13H17NO2/c1-2-7-16-13-5-3-11(4-6-13)8-14-12-9-15-10-12/h2-6,12,14H,1,7-10H2. The molecule has 0 atom stereocenters. The van der Waals surface area contributed by atoms with Crippen molar-refractivity contribution in [2.24, 2.45) is 0 Å². The molecule has 0 saturated carbocycles. The Morgan fingerprint density at radius 2 is 2.12 bits per heavy atom. The predicted molar refractivity (Wildman–Crippen MR) is 63.6 cm³/mol. The fraction of sp³-hybridized carbons (Fsp3) is 0.385. The summed E-state index contributed by atoms with van der Waals surface area (Å²) in [5.41, 5.74) is 1.26. The van der Waals surface area contributed by atoms with Crippen LogP contribution in [0.15, 0.2) is 36.9 Å². The summed E-state index contributed by atoms with van der Waals surface area (Å²) >= 11 is 0. The maximum atomic E-state index is 5.41. The first-order valence-corrected chi connectivity index (χ1v) is 5.52. The van der Waals surface area contributed by atoms with Crippen molar-refractivity contribution in [2.75, 3.05) is 19.8 Å². The second-order valence-electron chi connectivity index (χ2n) is 3.86. The molecule has 1 fully saturated rings. The molecule has 1 N–H and O–H groups in total. The Morgan fingerprint density at radius 3 is 2.69 bits per heavy atom. The summed E-state index contributed by atoms with van der Waals surface area (Å²) in [5.74, 6) is 0.885. The molecule has 3 heteroatoms. The maximum Gasteiger partial charge on any atom is 0.119 e. The highest BCUT2D eigenvalue weighted by Crippen LogP contribution is 2.12. The van der Waals surface area contributed by atoms with Crippen molar-refractivity contribution in [3.63, 3.8) is 0 Å². The molecule has 0 unspecified atom stereocenters. The monoisotopic (exact) mass is 219 g/mol. The van der Waals surface area contributed by atoms with Gasteiger partial charge in [0.2, 0.25) is 0 Å². The van der Waals surface area contributed by atoms with Gasteiger partial charge in [0.15, 0.2) is 0 Å². The topological polar surface area (TPSA) is 30.5 Å². The summed E-state index contributed by atoms with van der Waals surface area (Å²) < 4.78 is 10.5. The number of hydrogen-bond acceptors (Lipinski definition) is 3. The molecule has 1 aromatic rings. The molecule has 3 nitrogen and oxygen atoms in total. The molecular formula is C13H17NO2. The molecule has 0 amide bonds. The van der Waals surface area contributed by atoms with Gasteiger partial charge in [-0.25, -0.2) is 0 Å². The highest BCUT2D eigenvalue weighted by molar-refractivity contribution is 5.27. The lowest BCUT2D eigenvalue weighted by Gasteiger charge is -2.27. The number of hydrogen-bond donors (Lipinski definition) is 1. The molecule has 0 spiro atoms. The van der Waals surface area contributed by atoms with Crippen LogP contribution in [0.25, 0.3) is 0 Å². The van der Waals surface area contributed by atoms with Gasteiger partial charge >= 0.3 is 0 Å². The van der Waals surface area contributed by atoms with Gasteiger partial charge in [-0.3, -0.25) is 0 Å². The first-order chi connectivity index (χ1) is 7.88. The molecular weight excluding hydrogens is 202 g/mol. The summed E-state index contributed by atoms with van der Waals surface area (Å²) in [6, 6.07) is 8.64. The maximum absolute atomic E-state index is 5.41. The smallest absolute Gasteiger partial charge is 0.119 e. The summed E-state index contributed by atoms with van der Waals surface area (Å²) in [6.45, 7) is 6.72. The lowest BCUT2D eigenvalue weighted by Crippen LogP contribution is -2.45. The van der Waals surface area contributed by atoms with E-state index in [-0.39, 0.29) is 0 Å². The number of ether oxygens (including phenoxy) is 2. The van der Waals surface area contributed by atoms with E-state index in [1.165, 1.54) is 5.56 Å². The summed E-state index contributed by atoms with van der Waals surface area (Å²) in [7, 11) is 0. The minimum atomic E-state index is 0.525. The molecule has 0 aliphatic carbocycles. The van der Waals surface area contributed by atoms with Crippen molar-refractivity contribution in [1.82, 2.24) is 5.32 Å². The first-order valence-electron chi connectivity index (χ1n) is 5.52. The van der Waals surface area contributed by atoms with Crippen molar-refractivity contribution >= 4 is 0 Å². The van der Waals surface area contributed by atoms with Gasteiger partial charge in [0, 0.05) is 6.54 Å². The highest BCUT2D eigenvalue weighted by atomic mass is 16.5. The van der Waals surface area contributed by atoms with Gasteiger partial charge in [0.25, 0.3) is 0 Å². The van der Waals surface area contributed by atoms with Crippen LogP contribution in [-0.4, -0.2) is 25.9 Å². The van der Waals surface area contributed by atoms with Crippen LogP contribution in [0, 0.1) is 0 Å². The highest BCUT2D eigenvalue weighted by Gasteiger charge is 2.16. The van der Waals surface area contributed by atoms with Crippen LogP contribution < -0.4 is 10.1 Å². The number of rotatable bonds is 6. The van der Waals surface area contributed by atoms with E-state index in [0.29, 0.717) is 12.6 Å². The van der Waals surface area contributed by atoms with E-state index in [1.807, 2.05) is 12.1 Å². The minimum Gasteiger partial charge on any atom is -0.490 e. The molecule has 0 aromatic heterocycles. The third kappa shape index (κ3) is 3.08. The summed E-state index contributed by atoms with van der Waals surface area (Å²) in [4.78, 5) is 0. The van der Waals surface area contributed by atoms with Crippen molar-refractivity contribution in [1.29, 1.82) is 0 Å². The van der Waals surface area contributed by atoms with E-state index in [2.05, 4.69) is 24.0 Å². The Bertz CT molecular complexity index is 330. The molecule has 1 aliphatic rings. The quantitative estimate of drug-likeness (QED) is 0.739. The zero-order chi connectivity index (χ0) is 11.2. The van der Waals surface area contributed by atoms with Gasteiger partial charge in [-0.2, -0.15) is 0 Å². The second-order valence-corrected chi connectivity index (χ2v) is 3.86. The van der Waals surface area contributed by atoms with Gasteiger partial charge in [-0.15, -0.1) is 0 Å². The lowest BCUT2D eigenvalue weighted by atomic mass is 10.2. The van der Waals surface area contributed by atoms with E-state index in [9.17, 15) is 0 Å². The lowest BCUT2D eigenvalue weighted by molar-refractivity contribution is -0.00578. The Balaban J connectivity index is 1.78. The molecule has 86 valence electrons. The molecule has 16 heavy (non-hydrogen) atoms. The van der Waals surface area contributed by atoms with Crippen LogP contribution in [0.1, 0.15) is 5.56 Å². The molecule has 0 bridgehead atoms. The molecule has 0 radical (unpaired) electrons. The Kier molecular flexibility index (Phi) is 3.97. The first kappa shape index (κ1) is 11.2. The Morgan fingerprint density at radius 1 is 1.38 bits per heavy atom. The van der Waals surface area contributed by atoms with Crippen molar-refractivity contribution in [3.05, 3.63) is 42.5 Å². The molecule has 1 aromatic carbocycles. The fourth-order valence-corrected chi connectivity index (χ4v) is 1.47. The third-order valence-corrected chi connectivity index (χ3v) is 2.52. The van der Waals surface area contributed by atoms with E-state index < -0.39 is 0 Å². The van der Waals surface area contributed by atoms with Crippen LogP contribution in [0.2, 0.25) is 0 Å². The fourth-order valence-electron chi connectivity index (χ4n) is 1.47. The van der Waals surface area contributed by atoms with Crippen LogP contribution in [0.3, 0.4) is 0 Å². The zero-order valence-corrected chi connectivity index (χ0v) is 9.32. The van der Waals surface area contributed by atoms with Gasteiger partial charge < -0.3 is 14.8 Å². The van der Waals surface area contributed by atoms with E-state index in [0.717, 1.165) is 25.5 Å². The average molecular weight is 219 g/mol. The summed E-state index contributed by atoms with van der Waals surface area (Å²) in [5, 5.41) is 3.42. The molecule has 2 rings (SSSR count).